The molecule has 352 valence electrons. The number of hydrazone groups is 2. The van der Waals surface area contributed by atoms with Gasteiger partial charge in [0.1, 0.15) is 5.60 Å². The molecule has 7 N–H and O–H groups in total. The Hall–Kier alpha value is -7.63. The first-order chi connectivity index (χ1) is 32.4. The van der Waals surface area contributed by atoms with E-state index < -0.39 is 17.7 Å². The van der Waals surface area contributed by atoms with Crippen molar-refractivity contribution >= 4 is 75.4 Å². The molecule has 2 aliphatic carbocycles. The smallest absolute Gasteiger partial charge is 0.412 e. The SMILES string of the molecule is CN(C)Cc1[nH]c2cc(NC(=O)OC(C)(C)C)cc3c2c1C=NNC3=O.CN(C)Cc1[nH]c2cc(NC(=O)[C@@H]3CC3c3ccccc3)cc3c2c1C=NNC3=O.O=C(O)[C@@H]1CC1c1ccccc1. The summed E-state index contributed by atoms with van der Waals surface area (Å²) < 4.78 is 5.28. The Labute approximate surface area is 393 Å². The molecule has 4 aliphatic rings. The number of rotatable bonds is 10. The highest BCUT2D eigenvalue weighted by Gasteiger charge is 2.44. The number of carbonyl (C=O) groups excluding carboxylic acids is 4. The predicted octanol–water partition coefficient (Wildman–Crippen LogP) is 7.58. The normalized spacial score (nSPS) is 18.6. The van der Waals surface area contributed by atoms with Crippen LogP contribution in [0.25, 0.3) is 21.8 Å². The molecule has 2 saturated carbocycles. The first kappa shape index (κ1) is 46.9. The van der Waals surface area contributed by atoms with E-state index in [9.17, 15) is 24.0 Å². The zero-order valence-corrected chi connectivity index (χ0v) is 39.1. The van der Waals surface area contributed by atoms with Gasteiger partial charge in [0, 0.05) is 74.7 Å². The standard InChI is InChI=1S/C23H23N5O2.C18H23N5O3.C10H10O2/c1-28(2)12-20-18-11-24-27-23(30)17-8-14(9-19(26-20)21(17)18)25-22(29)16-10-15(16)13-6-4-3-5-7-13;1-18(2,3)26-17(25)20-10-6-11-15-12(8-19-22-16(11)24)14(9-23(4)5)21-13(15)7-10;11-10(12)9-6-8(9)7-4-2-1-3-5-7/h3-9,11,15-16,26H,10,12H2,1-2H3,(H,25,29)(H,27,30);6-8,21H,9H2,1-5H3,(H,20,25)(H,22,24);1-5,8-9H,6H2,(H,11,12)/t15?,16-;;8?,9-/m1.1/s1. The van der Waals surface area contributed by atoms with Gasteiger partial charge in [-0.1, -0.05) is 60.7 Å². The molecule has 10 rings (SSSR count). The number of amides is 4. The minimum Gasteiger partial charge on any atom is -0.481 e. The Bertz CT molecular complexity index is 2970. The van der Waals surface area contributed by atoms with Crippen LogP contribution in [0.1, 0.15) is 99.8 Å². The van der Waals surface area contributed by atoms with Crippen molar-refractivity contribution in [3.05, 3.63) is 130 Å². The summed E-state index contributed by atoms with van der Waals surface area (Å²) in [6, 6.07) is 27.0. The molecule has 4 aromatic carbocycles. The molecule has 2 unspecified atom stereocenters. The third-order valence-electron chi connectivity index (χ3n) is 11.8. The molecule has 6 aromatic rings. The van der Waals surface area contributed by atoms with Crippen LogP contribution in [0.3, 0.4) is 0 Å². The third kappa shape index (κ3) is 10.8. The summed E-state index contributed by atoms with van der Waals surface area (Å²) in [7, 11) is 7.90. The van der Waals surface area contributed by atoms with Crippen LogP contribution < -0.4 is 21.5 Å². The number of hydrogen-bond acceptors (Lipinski definition) is 10. The van der Waals surface area contributed by atoms with E-state index in [2.05, 4.69) is 53.8 Å². The molecular formula is C51H56N10O7. The first-order valence-electron chi connectivity index (χ1n) is 22.4. The molecule has 0 saturated heterocycles. The highest BCUT2D eigenvalue weighted by molar-refractivity contribution is 6.17. The van der Waals surface area contributed by atoms with Crippen LogP contribution in [-0.4, -0.2) is 101 Å². The maximum Gasteiger partial charge on any atom is 0.412 e. The molecule has 2 aliphatic heterocycles. The molecule has 68 heavy (non-hydrogen) atoms. The quantitative estimate of drug-likeness (QED) is 0.0718. The Balaban J connectivity index is 0.000000149. The fourth-order valence-electron chi connectivity index (χ4n) is 8.67. The maximum atomic E-state index is 12.8. The van der Waals surface area contributed by atoms with Gasteiger partial charge in [0.05, 0.1) is 29.5 Å². The molecule has 4 heterocycles. The highest BCUT2D eigenvalue weighted by atomic mass is 16.6. The summed E-state index contributed by atoms with van der Waals surface area (Å²) in [5.74, 6) is -0.927. The number of benzene rings is 4. The minimum atomic E-state index is -0.663. The third-order valence-corrected chi connectivity index (χ3v) is 11.8. The van der Waals surface area contributed by atoms with Gasteiger partial charge in [0.25, 0.3) is 11.8 Å². The van der Waals surface area contributed by atoms with E-state index in [1.807, 2.05) is 92.6 Å². The van der Waals surface area contributed by atoms with Gasteiger partial charge in [-0.2, -0.15) is 10.2 Å². The van der Waals surface area contributed by atoms with Crippen LogP contribution in [0.2, 0.25) is 0 Å². The Kier molecular flexibility index (Phi) is 13.3. The monoisotopic (exact) mass is 920 g/mol. The van der Waals surface area contributed by atoms with Crippen molar-refractivity contribution in [1.29, 1.82) is 0 Å². The average Bonchev–Trinajstić information content (AvgIpc) is 4.20. The number of carboxylic acid groups (broad SMARTS) is 1. The molecule has 17 nitrogen and oxygen atoms in total. The van der Waals surface area contributed by atoms with Gasteiger partial charge >= 0.3 is 12.1 Å². The van der Waals surface area contributed by atoms with Gasteiger partial charge in [-0.15, -0.1) is 0 Å². The largest absolute Gasteiger partial charge is 0.481 e. The van der Waals surface area contributed by atoms with Gasteiger partial charge in [-0.25, -0.2) is 15.6 Å². The van der Waals surface area contributed by atoms with E-state index in [1.165, 1.54) is 5.56 Å². The first-order valence-corrected chi connectivity index (χ1v) is 22.4. The summed E-state index contributed by atoms with van der Waals surface area (Å²) in [6.45, 7) is 6.72. The summed E-state index contributed by atoms with van der Waals surface area (Å²) >= 11 is 0. The van der Waals surface area contributed by atoms with Crippen molar-refractivity contribution in [2.24, 2.45) is 22.0 Å². The van der Waals surface area contributed by atoms with Gasteiger partial charge < -0.3 is 34.9 Å². The van der Waals surface area contributed by atoms with E-state index in [0.717, 1.165) is 62.7 Å². The maximum absolute atomic E-state index is 12.8. The number of nitrogens with zero attached hydrogens (tertiary/aromatic N) is 4. The number of nitrogens with one attached hydrogen (secondary N) is 6. The number of aliphatic carboxylic acids is 1. The number of H-pyrrole nitrogens is 2. The number of ether oxygens (including phenoxy) is 1. The van der Waals surface area contributed by atoms with E-state index in [0.29, 0.717) is 35.6 Å². The van der Waals surface area contributed by atoms with E-state index >= 15 is 0 Å². The zero-order valence-electron chi connectivity index (χ0n) is 39.1. The molecule has 4 amide bonds. The Morgan fingerprint density at radius 2 is 1.12 bits per heavy atom. The van der Waals surface area contributed by atoms with Crippen LogP contribution in [0.15, 0.2) is 95.1 Å². The lowest BCUT2D eigenvalue weighted by Crippen LogP contribution is -2.27. The van der Waals surface area contributed by atoms with Gasteiger partial charge in [-0.3, -0.25) is 24.5 Å². The van der Waals surface area contributed by atoms with Crippen molar-refractivity contribution in [1.82, 2.24) is 30.6 Å². The zero-order chi connectivity index (χ0) is 48.4. The minimum absolute atomic E-state index is 0.0130. The van der Waals surface area contributed by atoms with Crippen molar-refractivity contribution < 1.29 is 33.8 Å². The lowest BCUT2D eigenvalue weighted by atomic mass is 10.0. The summed E-state index contributed by atoms with van der Waals surface area (Å²) in [6.07, 6.45) is 4.40. The summed E-state index contributed by atoms with van der Waals surface area (Å²) in [5, 5.41) is 24.1. The Morgan fingerprint density at radius 3 is 1.54 bits per heavy atom. The number of carbonyl (C=O) groups is 5. The van der Waals surface area contributed by atoms with Gasteiger partial charge in [-0.05, 0) is 109 Å². The fraction of sp³-hybridized carbons (Fsp3) is 0.314. The highest BCUT2D eigenvalue weighted by Crippen LogP contribution is 2.48. The molecule has 17 heteroatoms. The second-order valence-corrected chi connectivity index (χ2v) is 19.0. The molecule has 2 aromatic heterocycles. The number of aromatic amines is 2. The fourth-order valence-corrected chi connectivity index (χ4v) is 8.67. The molecule has 4 atom stereocenters. The number of hydrogen-bond donors (Lipinski definition) is 7. The topological polar surface area (TPSA) is 226 Å². The van der Waals surface area contributed by atoms with Crippen LogP contribution in [-0.2, 0) is 27.4 Å². The second kappa shape index (κ2) is 19.3. The number of anilines is 2. The van der Waals surface area contributed by atoms with Gasteiger partial charge in [0.2, 0.25) is 5.91 Å². The Morgan fingerprint density at radius 1 is 0.676 bits per heavy atom. The molecule has 0 radical (unpaired) electrons. The molecular weight excluding hydrogens is 865 g/mol. The van der Waals surface area contributed by atoms with Crippen LogP contribution in [0.4, 0.5) is 16.2 Å². The lowest BCUT2D eigenvalue weighted by Gasteiger charge is -2.19. The lowest BCUT2D eigenvalue weighted by molar-refractivity contribution is -0.138. The molecule has 2 fully saturated rings. The van der Waals surface area contributed by atoms with Crippen molar-refractivity contribution in [3.8, 4) is 0 Å². The van der Waals surface area contributed by atoms with E-state index in [1.54, 1.807) is 51.4 Å². The number of aromatic nitrogens is 2. The van der Waals surface area contributed by atoms with Crippen LogP contribution >= 0.6 is 0 Å². The second-order valence-electron chi connectivity index (χ2n) is 19.0. The van der Waals surface area contributed by atoms with E-state index in [4.69, 9.17) is 9.84 Å². The van der Waals surface area contributed by atoms with Crippen molar-refractivity contribution in [3.63, 3.8) is 0 Å². The molecule has 0 bridgehead atoms. The average molecular weight is 921 g/mol. The van der Waals surface area contributed by atoms with Crippen LogP contribution in [0, 0.1) is 11.8 Å². The van der Waals surface area contributed by atoms with Crippen LogP contribution in [0.5, 0.6) is 0 Å². The number of carboxylic acids is 1. The van der Waals surface area contributed by atoms with E-state index in [-0.39, 0.29) is 41.4 Å². The predicted molar refractivity (Wildman–Crippen MR) is 262 cm³/mol. The summed E-state index contributed by atoms with van der Waals surface area (Å²) in [4.78, 5) is 71.2. The molecule has 0 spiro atoms. The van der Waals surface area contributed by atoms with Crippen molar-refractivity contribution in [2.75, 3.05) is 38.8 Å². The summed E-state index contributed by atoms with van der Waals surface area (Å²) in [5.41, 5.74) is 14.1. The van der Waals surface area contributed by atoms with Crippen molar-refractivity contribution in [2.45, 2.75) is 64.1 Å². The van der Waals surface area contributed by atoms with Gasteiger partial charge in [0.15, 0.2) is 0 Å².